The van der Waals surface area contributed by atoms with Gasteiger partial charge in [-0.2, -0.15) is 0 Å². The number of nitrogens with zero attached hydrogens (tertiary/aromatic N) is 3. The van der Waals surface area contributed by atoms with Crippen molar-refractivity contribution in [2.24, 2.45) is 5.73 Å². The molecule has 0 unspecified atom stereocenters. The smallest absolute Gasteiger partial charge is 0.223 e. The molecule has 2 aliphatic carbocycles. The average molecular weight is 299 g/mol. The molecular formula is C16H21N5O. The molecular weight excluding hydrogens is 278 g/mol. The summed E-state index contributed by atoms with van der Waals surface area (Å²) >= 11 is 0. The Bertz CT molecular complexity index is 643. The molecule has 22 heavy (non-hydrogen) atoms. The summed E-state index contributed by atoms with van der Waals surface area (Å²) in [6.07, 6.45) is 10.2. The van der Waals surface area contributed by atoms with Crippen molar-refractivity contribution in [1.82, 2.24) is 15.0 Å². The zero-order chi connectivity index (χ0) is 14.9. The number of rotatable bonds is 4. The van der Waals surface area contributed by atoms with Gasteiger partial charge in [0.15, 0.2) is 11.7 Å². The van der Waals surface area contributed by atoms with Gasteiger partial charge in [-0.25, -0.2) is 15.0 Å². The number of aromatic nitrogens is 3. The van der Waals surface area contributed by atoms with Crippen molar-refractivity contribution in [3.05, 3.63) is 24.4 Å². The van der Waals surface area contributed by atoms with Crippen molar-refractivity contribution in [3.63, 3.8) is 0 Å². The maximum Gasteiger partial charge on any atom is 0.223 e. The normalized spacial score (nSPS) is 25.1. The molecule has 0 spiro atoms. The lowest BCUT2D eigenvalue weighted by Crippen LogP contribution is -2.33. The number of anilines is 1. The minimum Gasteiger partial charge on any atom is -0.439 e. The van der Waals surface area contributed by atoms with Gasteiger partial charge in [-0.3, -0.25) is 0 Å². The third-order valence-electron chi connectivity index (χ3n) is 4.46. The van der Waals surface area contributed by atoms with Crippen LogP contribution in [-0.2, 0) is 0 Å². The minimum atomic E-state index is 0.348. The number of nitrogens with one attached hydrogen (secondary N) is 1. The van der Waals surface area contributed by atoms with Crippen LogP contribution in [0.5, 0.6) is 0 Å². The fourth-order valence-electron chi connectivity index (χ4n) is 2.94. The molecule has 2 aliphatic rings. The van der Waals surface area contributed by atoms with Gasteiger partial charge in [-0.05, 0) is 44.6 Å². The first kappa shape index (κ1) is 13.7. The molecule has 0 amide bonds. The molecule has 2 fully saturated rings. The van der Waals surface area contributed by atoms with Gasteiger partial charge in [0.1, 0.15) is 5.69 Å². The maximum absolute atomic E-state index is 5.94. The van der Waals surface area contributed by atoms with Gasteiger partial charge >= 0.3 is 0 Å². The summed E-state index contributed by atoms with van der Waals surface area (Å²) in [6, 6.07) is 2.62. The second-order valence-corrected chi connectivity index (χ2v) is 6.36. The van der Waals surface area contributed by atoms with Crippen LogP contribution < -0.4 is 11.1 Å². The van der Waals surface area contributed by atoms with Crippen LogP contribution in [-0.4, -0.2) is 27.0 Å². The average Bonchev–Trinajstić information content (AvgIpc) is 3.27. The van der Waals surface area contributed by atoms with Crippen molar-refractivity contribution in [1.29, 1.82) is 0 Å². The minimum absolute atomic E-state index is 0.348. The Labute approximate surface area is 129 Å². The third kappa shape index (κ3) is 2.97. The molecule has 2 aromatic heterocycles. The first-order valence-corrected chi connectivity index (χ1v) is 8.09. The topological polar surface area (TPSA) is 89.9 Å². The third-order valence-corrected chi connectivity index (χ3v) is 4.46. The molecule has 3 N–H and O–H groups in total. The van der Waals surface area contributed by atoms with E-state index in [1.165, 1.54) is 12.8 Å². The van der Waals surface area contributed by atoms with Gasteiger partial charge < -0.3 is 15.5 Å². The van der Waals surface area contributed by atoms with Crippen LogP contribution in [0.4, 0.5) is 5.95 Å². The van der Waals surface area contributed by atoms with Crippen LogP contribution in [0.3, 0.4) is 0 Å². The Morgan fingerprint density at radius 2 is 1.91 bits per heavy atom. The number of hydrogen-bond donors (Lipinski definition) is 2. The Balaban J connectivity index is 1.47. The van der Waals surface area contributed by atoms with Gasteiger partial charge in [0.05, 0.1) is 6.20 Å². The Kier molecular flexibility index (Phi) is 3.54. The van der Waals surface area contributed by atoms with Gasteiger partial charge in [0.25, 0.3) is 0 Å². The highest BCUT2D eigenvalue weighted by atomic mass is 16.4. The first-order chi connectivity index (χ1) is 10.8. The van der Waals surface area contributed by atoms with Crippen molar-refractivity contribution in [2.45, 2.75) is 56.5 Å². The van der Waals surface area contributed by atoms with Crippen LogP contribution in [0.15, 0.2) is 22.9 Å². The molecule has 0 aliphatic heterocycles. The van der Waals surface area contributed by atoms with E-state index in [2.05, 4.69) is 20.3 Å². The fraction of sp³-hybridized carbons (Fsp3) is 0.562. The lowest BCUT2D eigenvalue weighted by atomic mass is 9.92. The van der Waals surface area contributed by atoms with Gasteiger partial charge in [-0.15, -0.1) is 0 Å². The standard InChI is InChI=1S/C16H21N5O/c17-11-3-5-12(6-4-11)20-16-18-8-7-13(21-16)14-9-19-15(22-14)10-1-2-10/h7-12H,1-6,17H2,(H,18,20,21). The van der Waals surface area contributed by atoms with E-state index in [0.717, 1.165) is 43.0 Å². The SMILES string of the molecule is NC1CCC(Nc2nccc(-c3cnc(C4CC4)o3)n2)CC1. The van der Waals surface area contributed by atoms with Crippen molar-refractivity contribution < 1.29 is 4.42 Å². The molecule has 6 heteroatoms. The summed E-state index contributed by atoms with van der Waals surface area (Å²) in [7, 11) is 0. The molecule has 0 aromatic carbocycles. The van der Waals surface area contributed by atoms with E-state index in [-0.39, 0.29) is 0 Å². The fourth-order valence-corrected chi connectivity index (χ4v) is 2.94. The highest BCUT2D eigenvalue weighted by Gasteiger charge is 2.28. The predicted molar refractivity (Wildman–Crippen MR) is 83.4 cm³/mol. The quantitative estimate of drug-likeness (QED) is 0.902. The highest BCUT2D eigenvalue weighted by Crippen LogP contribution is 2.40. The van der Waals surface area contributed by atoms with Crippen LogP contribution in [0.1, 0.15) is 50.3 Å². The van der Waals surface area contributed by atoms with Crippen molar-refractivity contribution >= 4 is 5.95 Å². The van der Waals surface area contributed by atoms with E-state index in [1.54, 1.807) is 12.4 Å². The molecule has 116 valence electrons. The van der Waals surface area contributed by atoms with E-state index in [4.69, 9.17) is 10.2 Å². The largest absolute Gasteiger partial charge is 0.439 e. The molecule has 2 aromatic rings. The van der Waals surface area contributed by atoms with E-state index in [1.807, 2.05) is 6.07 Å². The molecule has 2 saturated carbocycles. The van der Waals surface area contributed by atoms with Crippen molar-refractivity contribution in [2.75, 3.05) is 5.32 Å². The van der Waals surface area contributed by atoms with Crippen LogP contribution >= 0.6 is 0 Å². The maximum atomic E-state index is 5.94. The summed E-state index contributed by atoms with van der Waals surface area (Å²) < 4.78 is 5.81. The number of oxazole rings is 1. The lowest BCUT2D eigenvalue weighted by Gasteiger charge is -2.26. The van der Waals surface area contributed by atoms with E-state index in [0.29, 0.717) is 23.9 Å². The van der Waals surface area contributed by atoms with Crippen LogP contribution in [0, 0.1) is 0 Å². The van der Waals surface area contributed by atoms with E-state index < -0.39 is 0 Å². The molecule has 0 saturated heterocycles. The second-order valence-electron chi connectivity index (χ2n) is 6.36. The van der Waals surface area contributed by atoms with E-state index in [9.17, 15) is 0 Å². The summed E-state index contributed by atoms with van der Waals surface area (Å²) in [4.78, 5) is 13.2. The predicted octanol–water partition coefficient (Wildman–Crippen LogP) is 2.69. The van der Waals surface area contributed by atoms with Gasteiger partial charge in [0.2, 0.25) is 5.95 Å². The Hall–Kier alpha value is -1.95. The molecule has 0 radical (unpaired) electrons. The Morgan fingerprint density at radius 1 is 1.09 bits per heavy atom. The zero-order valence-electron chi connectivity index (χ0n) is 12.5. The number of hydrogen-bond acceptors (Lipinski definition) is 6. The number of nitrogens with two attached hydrogens (primary N) is 1. The van der Waals surface area contributed by atoms with Crippen LogP contribution in [0.25, 0.3) is 11.5 Å². The molecule has 0 atom stereocenters. The van der Waals surface area contributed by atoms with Gasteiger partial charge in [0, 0.05) is 24.2 Å². The molecule has 2 heterocycles. The first-order valence-electron chi connectivity index (χ1n) is 8.09. The van der Waals surface area contributed by atoms with Gasteiger partial charge in [-0.1, -0.05) is 0 Å². The summed E-state index contributed by atoms with van der Waals surface area (Å²) in [6.45, 7) is 0. The second kappa shape index (κ2) is 5.68. The molecule has 0 bridgehead atoms. The monoisotopic (exact) mass is 299 g/mol. The van der Waals surface area contributed by atoms with Crippen LogP contribution in [0.2, 0.25) is 0 Å². The summed E-state index contributed by atoms with van der Waals surface area (Å²) in [5.74, 6) is 2.73. The molecule has 4 rings (SSSR count). The lowest BCUT2D eigenvalue weighted by molar-refractivity contribution is 0.410. The van der Waals surface area contributed by atoms with E-state index >= 15 is 0 Å². The molecule has 6 nitrogen and oxygen atoms in total. The zero-order valence-corrected chi connectivity index (χ0v) is 12.5. The Morgan fingerprint density at radius 3 is 2.68 bits per heavy atom. The summed E-state index contributed by atoms with van der Waals surface area (Å²) in [5, 5.41) is 3.41. The van der Waals surface area contributed by atoms with Crippen molar-refractivity contribution in [3.8, 4) is 11.5 Å². The summed E-state index contributed by atoms with van der Waals surface area (Å²) in [5.41, 5.74) is 6.73. The highest BCUT2D eigenvalue weighted by molar-refractivity contribution is 5.52.